The molecule has 26 heavy (non-hydrogen) atoms. The fraction of sp³-hybridized carbons (Fsp3) is 0.238. The minimum Gasteiger partial charge on any atom is -0.370 e. The van der Waals surface area contributed by atoms with Gasteiger partial charge in [0.15, 0.2) is 5.96 Å². The van der Waals surface area contributed by atoms with E-state index in [1.807, 2.05) is 30.5 Å². The minimum atomic E-state index is 0. The van der Waals surface area contributed by atoms with E-state index in [9.17, 15) is 0 Å². The number of hydrogen-bond donors (Lipinski definition) is 2. The molecule has 1 aromatic heterocycles. The van der Waals surface area contributed by atoms with E-state index in [2.05, 4.69) is 39.6 Å². The molecule has 0 spiro atoms. The molecule has 3 N–H and O–H groups in total. The molecule has 4 rings (SSSR count). The Balaban J connectivity index is 0.00000196. The van der Waals surface area contributed by atoms with Gasteiger partial charge in [-0.15, -0.1) is 24.0 Å². The van der Waals surface area contributed by atoms with Gasteiger partial charge in [0.2, 0.25) is 0 Å². The van der Waals surface area contributed by atoms with E-state index in [-0.39, 0.29) is 24.0 Å². The second kappa shape index (κ2) is 8.49. The third-order valence-electron chi connectivity index (χ3n) is 4.82. The summed E-state index contributed by atoms with van der Waals surface area (Å²) in [5.41, 5.74) is 12.2. The van der Waals surface area contributed by atoms with E-state index in [0.29, 0.717) is 12.5 Å². The van der Waals surface area contributed by atoms with Crippen molar-refractivity contribution in [2.75, 3.05) is 5.32 Å². The van der Waals surface area contributed by atoms with Crippen LogP contribution in [0.2, 0.25) is 0 Å². The molecular formula is C21H23IN4. The summed E-state index contributed by atoms with van der Waals surface area (Å²) in [5, 5.41) is 4.42. The van der Waals surface area contributed by atoms with Gasteiger partial charge in [0.1, 0.15) is 0 Å². The van der Waals surface area contributed by atoms with Gasteiger partial charge in [-0.3, -0.25) is 4.98 Å². The van der Waals surface area contributed by atoms with Crippen molar-refractivity contribution >= 4 is 46.5 Å². The van der Waals surface area contributed by atoms with Crippen molar-refractivity contribution in [2.45, 2.75) is 32.2 Å². The van der Waals surface area contributed by atoms with Gasteiger partial charge in [0.05, 0.1) is 12.1 Å². The lowest BCUT2D eigenvalue weighted by molar-refractivity contribution is 0.687. The molecule has 1 heterocycles. The number of nitrogens with zero attached hydrogens (tertiary/aromatic N) is 2. The van der Waals surface area contributed by atoms with E-state index < -0.39 is 0 Å². The molecule has 3 aromatic rings. The lowest BCUT2D eigenvalue weighted by Crippen LogP contribution is -2.24. The average molecular weight is 458 g/mol. The van der Waals surface area contributed by atoms with E-state index in [1.54, 1.807) is 0 Å². The first-order chi connectivity index (χ1) is 12.3. The van der Waals surface area contributed by atoms with Crippen LogP contribution in [0.3, 0.4) is 0 Å². The zero-order chi connectivity index (χ0) is 17.1. The third kappa shape index (κ3) is 3.98. The molecule has 2 aromatic carbocycles. The Morgan fingerprint density at radius 1 is 1.04 bits per heavy atom. The van der Waals surface area contributed by atoms with E-state index >= 15 is 0 Å². The quantitative estimate of drug-likeness (QED) is 0.341. The number of aryl methyl sites for hydroxylation is 1. The molecule has 0 bridgehead atoms. The van der Waals surface area contributed by atoms with Gasteiger partial charge in [-0.25, -0.2) is 4.99 Å². The SMILES string of the molecule is I.NC(=NCc1ccnc2ccccc12)Nc1cccc2c1CCCC2. The van der Waals surface area contributed by atoms with Gasteiger partial charge in [-0.05, 0) is 60.6 Å². The van der Waals surface area contributed by atoms with Crippen molar-refractivity contribution in [1.29, 1.82) is 0 Å². The van der Waals surface area contributed by atoms with Crippen LogP contribution in [0.25, 0.3) is 10.9 Å². The Labute approximate surface area is 171 Å². The summed E-state index contributed by atoms with van der Waals surface area (Å²) in [5.74, 6) is 0.458. The second-order valence-electron chi connectivity index (χ2n) is 6.46. The van der Waals surface area contributed by atoms with Crippen LogP contribution in [-0.4, -0.2) is 10.9 Å². The van der Waals surface area contributed by atoms with Crippen LogP contribution in [0.4, 0.5) is 5.69 Å². The summed E-state index contributed by atoms with van der Waals surface area (Å²) >= 11 is 0. The highest BCUT2D eigenvalue weighted by atomic mass is 127. The summed E-state index contributed by atoms with van der Waals surface area (Å²) in [6, 6.07) is 16.5. The summed E-state index contributed by atoms with van der Waals surface area (Å²) < 4.78 is 0. The number of anilines is 1. The first-order valence-electron chi connectivity index (χ1n) is 8.81. The number of halogens is 1. The number of nitrogens with one attached hydrogen (secondary N) is 1. The van der Waals surface area contributed by atoms with Crippen molar-refractivity contribution in [1.82, 2.24) is 4.98 Å². The lowest BCUT2D eigenvalue weighted by atomic mass is 9.90. The molecule has 0 saturated carbocycles. The van der Waals surface area contributed by atoms with Gasteiger partial charge in [-0.2, -0.15) is 0 Å². The Bertz CT molecular complexity index is 931. The Morgan fingerprint density at radius 3 is 2.81 bits per heavy atom. The highest BCUT2D eigenvalue weighted by Gasteiger charge is 2.13. The van der Waals surface area contributed by atoms with Gasteiger partial charge >= 0.3 is 0 Å². The summed E-state index contributed by atoms with van der Waals surface area (Å²) in [7, 11) is 0. The number of guanidine groups is 1. The van der Waals surface area contributed by atoms with Crippen LogP contribution >= 0.6 is 24.0 Å². The van der Waals surface area contributed by atoms with Crippen LogP contribution in [0.1, 0.15) is 29.5 Å². The summed E-state index contributed by atoms with van der Waals surface area (Å²) in [6.07, 6.45) is 6.61. The second-order valence-corrected chi connectivity index (χ2v) is 6.46. The zero-order valence-corrected chi connectivity index (χ0v) is 16.9. The smallest absolute Gasteiger partial charge is 0.193 e. The normalized spacial score (nSPS) is 13.8. The van der Waals surface area contributed by atoms with Crippen molar-refractivity contribution < 1.29 is 0 Å². The predicted octanol–water partition coefficient (Wildman–Crippen LogP) is 4.66. The maximum Gasteiger partial charge on any atom is 0.193 e. The molecule has 0 atom stereocenters. The number of nitrogens with two attached hydrogens (primary N) is 1. The minimum absolute atomic E-state index is 0. The average Bonchev–Trinajstić information content (AvgIpc) is 2.66. The number of aliphatic imine (C=N–C) groups is 1. The molecular weight excluding hydrogens is 435 g/mol. The van der Waals surface area contributed by atoms with Gasteiger partial charge in [0, 0.05) is 17.3 Å². The fourth-order valence-corrected chi connectivity index (χ4v) is 3.54. The van der Waals surface area contributed by atoms with Crippen LogP contribution in [-0.2, 0) is 19.4 Å². The molecule has 1 aliphatic rings. The van der Waals surface area contributed by atoms with E-state index in [4.69, 9.17) is 5.73 Å². The Hall–Kier alpha value is -2.15. The van der Waals surface area contributed by atoms with Crippen molar-refractivity contribution in [3.63, 3.8) is 0 Å². The standard InChI is InChI=1S/C21H22N4.HI/c22-21(25-20-11-5-7-15-6-1-2-8-17(15)20)24-14-16-12-13-23-19-10-4-3-9-18(16)19;/h3-5,7,9-13H,1-2,6,8,14H2,(H3,22,24,25);1H. The van der Waals surface area contributed by atoms with E-state index in [1.165, 1.54) is 24.0 Å². The van der Waals surface area contributed by atoms with Crippen LogP contribution in [0.15, 0.2) is 59.7 Å². The number of fused-ring (bicyclic) bond motifs is 2. The number of rotatable bonds is 3. The largest absolute Gasteiger partial charge is 0.370 e. The van der Waals surface area contributed by atoms with Crippen molar-refractivity contribution in [3.05, 3.63) is 71.4 Å². The van der Waals surface area contributed by atoms with Crippen LogP contribution < -0.4 is 11.1 Å². The van der Waals surface area contributed by atoms with Crippen LogP contribution in [0, 0.1) is 0 Å². The highest BCUT2D eigenvalue weighted by molar-refractivity contribution is 14.0. The van der Waals surface area contributed by atoms with Crippen LogP contribution in [0.5, 0.6) is 0 Å². The van der Waals surface area contributed by atoms with Crippen molar-refractivity contribution in [3.8, 4) is 0 Å². The molecule has 5 heteroatoms. The Morgan fingerprint density at radius 2 is 1.88 bits per heavy atom. The molecule has 4 nitrogen and oxygen atoms in total. The molecule has 0 radical (unpaired) electrons. The van der Waals surface area contributed by atoms with Gasteiger partial charge < -0.3 is 11.1 Å². The summed E-state index contributed by atoms with van der Waals surface area (Å²) in [6.45, 7) is 0.539. The third-order valence-corrected chi connectivity index (χ3v) is 4.82. The first-order valence-corrected chi connectivity index (χ1v) is 8.81. The maximum absolute atomic E-state index is 6.15. The zero-order valence-electron chi connectivity index (χ0n) is 14.6. The fourth-order valence-electron chi connectivity index (χ4n) is 3.54. The van der Waals surface area contributed by atoms with Gasteiger partial charge in [-0.1, -0.05) is 30.3 Å². The monoisotopic (exact) mass is 458 g/mol. The number of aromatic nitrogens is 1. The molecule has 0 aliphatic heterocycles. The summed E-state index contributed by atoms with van der Waals surface area (Å²) in [4.78, 5) is 8.93. The number of hydrogen-bond acceptors (Lipinski definition) is 2. The Kier molecular flexibility index (Phi) is 6.08. The molecule has 1 aliphatic carbocycles. The molecule has 0 amide bonds. The molecule has 0 fully saturated rings. The number of para-hydroxylation sites is 1. The van der Waals surface area contributed by atoms with E-state index in [0.717, 1.165) is 35.0 Å². The topological polar surface area (TPSA) is 63.3 Å². The molecule has 0 saturated heterocycles. The highest BCUT2D eigenvalue weighted by Crippen LogP contribution is 2.27. The first kappa shape index (κ1) is 18.6. The number of pyridine rings is 1. The molecule has 134 valence electrons. The maximum atomic E-state index is 6.15. The predicted molar refractivity (Wildman–Crippen MR) is 119 cm³/mol. The van der Waals surface area contributed by atoms with Crippen molar-refractivity contribution in [2.24, 2.45) is 10.7 Å². The van der Waals surface area contributed by atoms with Gasteiger partial charge in [0.25, 0.3) is 0 Å². The molecule has 0 unspecified atom stereocenters. The lowest BCUT2D eigenvalue weighted by Gasteiger charge is -2.19. The number of benzene rings is 2.